The van der Waals surface area contributed by atoms with Gasteiger partial charge in [0, 0.05) is 0 Å². The monoisotopic (exact) mass is 122 g/mol. The second-order valence-corrected chi connectivity index (χ2v) is 4.50. The molecule has 3 saturated carbocycles. The van der Waals surface area contributed by atoms with Gasteiger partial charge in [0.25, 0.3) is 0 Å². The highest BCUT2D eigenvalue weighted by Gasteiger charge is 2.53. The van der Waals surface area contributed by atoms with Crippen LogP contribution in [0, 0.1) is 17.3 Å². The molecule has 0 heterocycles. The quantitative estimate of drug-likeness (QED) is 0.463. The number of fused-ring (bicyclic) bond motifs is 1. The highest BCUT2D eigenvalue weighted by atomic mass is 14.6. The first-order valence-corrected chi connectivity index (χ1v) is 4.38. The zero-order chi connectivity index (χ0) is 5.90. The van der Waals surface area contributed by atoms with Crippen LogP contribution in [-0.4, -0.2) is 0 Å². The maximum Gasteiger partial charge on any atom is -0.0294 e. The summed E-state index contributed by atoms with van der Waals surface area (Å²) in [6.45, 7) is 0. The van der Waals surface area contributed by atoms with Crippen LogP contribution in [0.1, 0.15) is 38.5 Å². The van der Waals surface area contributed by atoms with E-state index in [0.29, 0.717) is 0 Å². The predicted octanol–water partition coefficient (Wildman–Crippen LogP) is 2.59. The highest BCUT2D eigenvalue weighted by molar-refractivity contribution is 5.04. The zero-order valence-electron chi connectivity index (χ0n) is 5.90. The third kappa shape index (κ3) is 0.595. The Morgan fingerprint density at radius 2 is 1.89 bits per heavy atom. The zero-order valence-corrected chi connectivity index (χ0v) is 5.90. The molecule has 0 radical (unpaired) electrons. The molecule has 3 fully saturated rings. The van der Waals surface area contributed by atoms with Crippen molar-refractivity contribution in [2.45, 2.75) is 38.5 Å². The summed E-state index contributed by atoms with van der Waals surface area (Å²) in [4.78, 5) is 0. The summed E-state index contributed by atoms with van der Waals surface area (Å²) in [6, 6.07) is 0. The number of rotatable bonds is 0. The first kappa shape index (κ1) is 4.76. The Hall–Kier alpha value is 0. The van der Waals surface area contributed by atoms with E-state index in [0.717, 1.165) is 5.41 Å². The smallest absolute Gasteiger partial charge is 0.0294 e. The van der Waals surface area contributed by atoms with Crippen LogP contribution in [0.15, 0.2) is 0 Å². The lowest BCUT2D eigenvalue weighted by molar-refractivity contribution is 0.322. The molecule has 3 aliphatic carbocycles. The van der Waals surface area contributed by atoms with Crippen LogP contribution in [0.2, 0.25) is 0 Å². The van der Waals surface area contributed by atoms with Gasteiger partial charge in [-0.1, -0.05) is 0 Å². The molecule has 50 valence electrons. The van der Waals surface area contributed by atoms with Gasteiger partial charge in [0.2, 0.25) is 0 Å². The fourth-order valence-corrected chi connectivity index (χ4v) is 2.69. The molecule has 9 heavy (non-hydrogen) atoms. The van der Waals surface area contributed by atoms with Crippen molar-refractivity contribution >= 4 is 0 Å². The second kappa shape index (κ2) is 1.21. The minimum atomic E-state index is 0.942. The molecule has 3 aliphatic rings. The van der Waals surface area contributed by atoms with E-state index in [4.69, 9.17) is 0 Å². The van der Waals surface area contributed by atoms with E-state index in [-0.39, 0.29) is 0 Å². The van der Waals surface area contributed by atoms with Crippen molar-refractivity contribution in [3.63, 3.8) is 0 Å². The predicted molar refractivity (Wildman–Crippen MR) is 37.1 cm³/mol. The minimum Gasteiger partial charge on any atom is -0.0496 e. The normalized spacial score (nSPS) is 50.7. The summed E-state index contributed by atoms with van der Waals surface area (Å²) in [5, 5.41) is 0. The maximum absolute atomic E-state index is 1.62. The summed E-state index contributed by atoms with van der Waals surface area (Å²) < 4.78 is 0. The number of hydrogen-bond donors (Lipinski definition) is 0. The van der Waals surface area contributed by atoms with Crippen LogP contribution in [-0.2, 0) is 0 Å². The largest absolute Gasteiger partial charge is 0.0496 e. The third-order valence-corrected chi connectivity index (χ3v) is 3.77. The van der Waals surface area contributed by atoms with Gasteiger partial charge >= 0.3 is 0 Å². The topological polar surface area (TPSA) is 0 Å². The fraction of sp³-hybridized carbons (Fsp3) is 1.00. The summed E-state index contributed by atoms with van der Waals surface area (Å²) >= 11 is 0. The van der Waals surface area contributed by atoms with Crippen molar-refractivity contribution in [2.75, 3.05) is 0 Å². The van der Waals surface area contributed by atoms with E-state index in [9.17, 15) is 0 Å². The lowest BCUT2D eigenvalue weighted by Crippen LogP contribution is -2.08. The average Bonchev–Trinajstić information content (AvgIpc) is 2.70. The number of hydrogen-bond acceptors (Lipinski definition) is 0. The Bertz CT molecular complexity index is 144. The Morgan fingerprint density at radius 3 is 2.56 bits per heavy atom. The van der Waals surface area contributed by atoms with Gasteiger partial charge < -0.3 is 0 Å². The minimum absolute atomic E-state index is 0.942. The molecule has 0 aromatic heterocycles. The van der Waals surface area contributed by atoms with Gasteiger partial charge in [-0.05, 0) is 55.8 Å². The molecule has 0 aliphatic heterocycles. The van der Waals surface area contributed by atoms with Crippen LogP contribution in [0.3, 0.4) is 0 Å². The fourth-order valence-electron chi connectivity index (χ4n) is 2.69. The second-order valence-electron chi connectivity index (χ2n) is 4.50. The Morgan fingerprint density at radius 1 is 1.00 bits per heavy atom. The van der Waals surface area contributed by atoms with E-state index in [2.05, 4.69) is 0 Å². The van der Waals surface area contributed by atoms with Crippen molar-refractivity contribution in [2.24, 2.45) is 17.3 Å². The Balaban J connectivity index is 1.80. The molecule has 0 N–H and O–H groups in total. The molecule has 0 saturated heterocycles. The van der Waals surface area contributed by atoms with Crippen LogP contribution < -0.4 is 0 Å². The maximum atomic E-state index is 1.62. The Labute approximate surface area is 56.6 Å². The molecule has 0 aromatic carbocycles. The molecular weight excluding hydrogens is 108 g/mol. The SMILES string of the molecule is C1CC2(CC2)CC2CC12. The van der Waals surface area contributed by atoms with Crippen molar-refractivity contribution in [3.05, 3.63) is 0 Å². The van der Waals surface area contributed by atoms with Crippen LogP contribution >= 0.6 is 0 Å². The van der Waals surface area contributed by atoms with E-state index in [1.807, 2.05) is 0 Å². The van der Waals surface area contributed by atoms with E-state index in [1.165, 1.54) is 11.8 Å². The van der Waals surface area contributed by atoms with Gasteiger partial charge in [0.05, 0.1) is 0 Å². The van der Waals surface area contributed by atoms with Gasteiger partial charge in [-0.2, -0.15) is 0 Å². The molecular formula is C9H14. The lowest BCUT2D eigenvalue weighted by Gasteiger charge is -2.19. The van der Waals surface area contributed by atoms with Crippen LogP contribution in [0.5, 0.6) is 0 Å². The molecule has 1 spiro atoms. The molecule has 0 amide bonds. The van der Waals surface area contributed by atoms with E-state index in [1.54, 1.807) is 38.5 Å². The van der Waals surface area contributed by atoms with Gasteiger partial charge in [0.15, 0.2) is 0 Å². The molecule has 0 aromatic rings. The van der Waals surface area contributed by atoms with E-state index >= 15 is 0 Å². The Kier molecular flexibility index (Phi) is 0.640. The average molecular weight is 122 g/mol. The molecule has 2 unspecified atom stereocenters. The molecule has 3 rings (SSSR count). The van der Waals surface area contributed by atoms with Gasteiger partial charge in [-0.25, -0.2) is 0 Å². The standard InChI is InChI=1S/C9H14/c1-2-9(3-4-9)6-8-5-7(1)8/h7-8H,1-6H2. The summed E-state index contributed by atoms with van der Waals surface area (Å²) in [5.74, 6) is 2.41. The third-order valence-electron chi connectivity index (χ3n) is 3.77. The molecule has 0 heteroatoms. The molecule has 0 nitrogen and oxygen atoms in total. The van der Waals surface area contributed by atoms with Gasteiger partial charge in [-0.3, -0.25) is 0 Å². The van der Waals surface area contributed by atoms with Crippen molar-refractivity contribution in [1.29, 1.82) is 0 Å². The molecule has 0 bridgehead atoms. The summed E-state index contributed by atoms with van der Waals surface area (Å²) in [7, 11) is 0. The molecule has 2 atom stereocenters. The van der Waals surface area contributed by atoms with Crippen LogP contribution in [0.25, 0.3) is 0 Å². The first-order chi connectivity index (χ1) is 4.38. The lowest BCUT2D eigenvalue weighted by atomic mass is 9.87. The summed E-state index contributed by atoms with van der Waals surface area (Å²) in [5.41, 5.74) is 0.942. The van der Waals surface area contributed by atoms with Crippen LogP contribution in [0.4, 0.5) is 0 Å². The van der Waals surface area contributed by atoms with Crippen molar-refractivity contribution in [1.82, 2.24) is 0 Å². The van der Waals surface area contributed by atoms with Gasteiger partial charge in [0.1, 0.15) is 0 Å². The highest BCUT2D eigenvalue weighted by Crippen LogP contribution is 2.65. The van der Waals surface area contributed by atoms with E-state index < -0.39 is 0 Å². The summed E-state index contributed by atoms with van der Waals surface area (Å²) in [6.07, 6.45) is 9.56. The van der Waals surface area contributed by atoms with Crippen molar-refractivity contribution < 1.29 is 0 Å². The van der Waals surface area contributed by atoms with Gasteiger partial charge in [-0.15, -0.1) is 0 Å². The first-order valence-electron chi connectivity index (χ1n) is 4.38. The van der Waals surface area contributed by atoms with Crippen molar-refractivity contribution in [3.8, 4) is 0 Å².